The Morgan fingerprint density at radius 1 is 1.45 bits per heavy atom. The van der Waals surface area contributed by atoms with E-state index >= 15 is 0 Å². The first-order valence-electron chi connectivity index (χ1n) is 3.22. The zero-order valence-corrected chi connectivity index (χ0v) is 5.94. The van der Waals surface area contributed by atoms with Crippen molar-refractivity contribution in [2.75, 3.05) is 6.54 Å². The molecule has 1 rings (SSSR count). The van der Waals surface area contributed by atoms with Crippen LogP contribution in [0.25, 0.3) is 0 Å². The van der Waals surface area contributed by atoms with Crippen LogP contribution in [0.4, 0.5) is 13.2 Å². The van der Waals surface area contributed by atoms with Crippen LogP contribution in [0.3, 0.4) is 0 Å². The highest BCUT2D eigenvalue weighted by molar-refractivity contribution is 6.06. The van der Waals surface area contributed by atoms with Crippen LogP contribution in [-0.2, 0) is 0 Å². The van der Waals surface area contributed by atoms with Gasteiger partial charge in [0.15, 0.2) is 0 Å². The Morgan fingerprint density at radius 2 is 2.09 bits per heavy atom. The van der Waals surface area contributed by atoms with E-state index in [-0.39, 0.29) is 12.4 Å². The molecule has 2 nitrogen and oxygen atoms in total. The monoisotopic (exact) mass is 164 g/mol. The molecular weight excluding hydrogens is 157 g/mol. The Morgan fingerprint density at radius 3 is 2.36 bits per heavy atom. The summed E-state index contributed by atoms with van der Waals surface area (Å²) in [4.78, 5) is 6.91. The second-order valence-electron chi connectivity index (χ2n) is 2.14. The summed E-state index contributed by atoms with van der Waals surface area (Å²) in [6.07, 6.45) is -3.85. The molecule has 0 spiro atoms. The first-order chi connectivity index (χ1) is 5.04. The van der Waals surface area contributed by atoms with Gasteiger partial charge in [0.05, 0.1) is 6.54 Å². The Balaban J connectivity index is 2.69. The molecule has 5 heteroatoms. The zero-order chi connectivity index (χ0) is 8.48. The minimum absolute atomic E-state index is 0.289. The molecule has 0 aliphatic carbocycles. The average molecular weight is 164 g/mol. The maximum absolute atomic E-state index is 11.9. The number of aliphatic imine (C=N–C) groups is 2. The molecule has 1 aliphatic heterocycles. The minimum Gasteiger partial charge on any atom is -0.264 e. The fraction of sp³-hybridized carbons (Fsp3) is 0.667. The highest BCUT2D eigenvalue weighted by atomic mass is 19.4. The van der Waals surface area contributed by atoms with Crippen molar-refractivity contribution in [2.45, 2.75) is 19.5 Å². The van der Waals surface area contributed by atoms with Crippen molar-refractivity contribution < 1.29 is 13.2 Å². The van der Waals surface area contributed by atoms with E-state index in [1.807, 2.05) is 0 Å². The number of hydrogen-bond acceptors (Lipinski definition) is 2. The number of amidine groups is 1. The molecule has 0 atom stereocenters. The second-order valence-corrected chi connectivity index (χ2v) is 2.14. The third-order valence-corrected chi connectivity index (χ3v) is 1.32. The third-order valence-electron chi connectivity index (χ3n) is 1.32. The molecule has 0 saturated heterocycles. The van der Waals surface area contributed by atoms with Gasteiger partial charge in [-0.2, -0.15) is 13.2 Å². The van der Waals surface area contributed by atoms with Gasteiger partial charge in [0.2, 0.25) is 0 Å². The lowest BCUT2D eigenvalue weighted by Gasteiger charge is -2.02. The fourth-order valence-corrected chi connectivity index (χ4v) is 0.737. The molecule has 0 amide bonds. The van der Waals surface area contributed by atoms with Crippen molar-refractivity contribution in [3.8, 4) is 0 Å². The predicted molar refractivity (Wildman–Crippen MR) is 36.1 cm³/mol. The van der Waals surface area contributed by atoms with Crippen LogP contribution in [0, 0.1) is 0 Å². The van der Waals surface area contributed by atoms with E-state index in [0.29, 0.717) is 6.42 Å². The maximum Gasteiger partial charge on any atom is 0.431 e. The lowest BCUT2D eigenvalue weighted by molar-refractivity contribution is -0.0592. The van der Waals surface area contributed by atoms with Crippen molar-refractivity contribution in [1.29, 1.82) is 0 Å². The highest BCUT2D eigenvalue weighted by Crippen LogP contribution is 2.20. The van der Waals surface area contributed by atoms with E-state index in [0.717, 1.165) is 0 Å². The van der Waals surface area contributed by atoms with E-state index in [1.54, 1.807) is 6.92 Å². The van der Waals surface area contributed by atoms with Crippen molar-refractivity contribution >= 4 is 11.5 Å². The Kier molecular flexibility index (Phi) is 1.97. The van der Waals surface area contributed by atoms with Gasteiger partial charge in [-0.15, -0.1) is 0 Å². The Hall–Kier alpha value is -0.870. The number of halogens is 3. The summed E-state index contributed by atoms with van der Waals surface area (Å²) >= 11 is 0. The van der Waals surface area contributed by atoms with Gasteiger partial charge >= 0.3 is 6.18 Å². The minimum atomic E-state index is -4.31. The summed E-state index contributed by atoms with van der Waals surface area (Å²) in [5.74, 6) is 0.289. The van der Waals surface area contributed by atoms with Gasteiger partial charge in [-0.3, -0.25) is 4.99 Å². The zero-order valence-electron chi connectivity index (χ0n) is 5.94. The second kappa shape index (κ2) is 2.64. The summed E-state index contributed by atoms with van der Waals surface area (Å²) in [5, 5.41) is 0. The number of alkyl halides is 3. The molecule has 62 valence electrons. The van der Waals surface area contributed by atoms with Gasteiger partial charge in [-0.25, -0.2) is 4.99 Å². The first kappa shape index (κ1) is 8.23. The molecule has 0 aromatic heterocycles. The van der Waals surface area contributed by atoms with Gasteiger partial charge in [0, 0.05) is 6.42 Å². The SMILES string of the molecule is CCC1=NCC(C(F)(F)F)=N1. The summed E-state index contributed by atoms with van der Waals surface area (Å²) in [7, 11) is 0. The Labute approximate surface area is 61.8 Å². The van der Waals surface area contributed by atoms with Crippen LogP contribution in [0.1, 0.15) is 13.3 Å². The molecule has 0 N–H and O–H groups in total. The molecule has 0 unspecified atom stereocenters. The Bertz CT molecular complexity index is 214. The maximum atomic E-state index is 11.9. The number of rotatable bonds is 1. The van der Waals surface area contributed by atoms with Gasteiger partial charge in [0.25, 0.3) is 0 Å². The summed E-state index contributed by atoms with van der Waals surface area (Å²) in [6.45, 7) is 1.41. The van der Waals surface area contributed by atoms with Crippen LogP contribution in [0.5, 0.6) is 0 Å². The van der Waals surface area contributed by atoms with E-state index < -0.39 is 11.9 Å². The predicted octanol–water partition coefficient (Wildman–Crippen LogP) is 1.81. The molecule has 0 radical (unpaired) electrons. The van der Waals surface area contributed by atoms with Crippen molar-refractivity contribution in [3.05, 3.63) is 0 Å². The summed E-state index contributed by atoms with van der Waals surface area (Å²) in [6, 6.07) is 0. The highest BCUT2D eigenvalue weighted by Gasteiger charge is 2.37. The lowest BCUT2D eigenvalue weighted by atomic mass is 10.4. The van der Waals surface area contributed by atoms with Crippen LogP contribution >= 0.6 is 0 Å². The topological polar surface area (TPSA) is 24.7 Å². The van der Waals surface area contributed by atoms with Gasteiger partial charge in [-0.1, -0.05) is 6.92 Å². The standard InChI is InChI=1S/C6H7F3N2/c1-2-5-10-3-4(11-5)6(7,8)9/h2-3H2,1H3. The molecule has 1 heterocycles. The molecular formula is C6H7F3N2. The van der Waals surface area contributed by atoms with E-state index in [1.165, 1.54) is 0 Å². The average Bonchev–Trinajstić information content (AvgIpc) is 2.32. The van der Waals surface area contributed by atoms with Crippen molar-refractivity contribution in [3.63, 3.8) is 0 Å². The van der Waals surface area contributed by atoms with Crippen LogP contribution < -0.4 is 0 Å². The van der Waals surface area contributed by atoms with Crippen molar-refractivity contribution in [1.82, 2.24) is 0 Å². The molecule has 0 saturated carbocycles. The summed E-state index contributed by atoms with van der Waals surface area (Å²) in [5.41, 5.74) is -0.783. The van der Waals surface area contributed by atoms with Crippen LogP contribution in [0.15, 0.2) is 9.98 Å². The summed E-state index contributed by atoms with van der Waals surface area (Å²) < 4.78 is 35.6. The lowest BCUT2D eigenvalue weighted by Crippen LogP contribution is -2.23. The van der Waals surface area contributed by atoms with Crippen molar-refractivity contribution in [2.24, 2.45) is 9.98 Å². The largest absolute Gasteiger partial charge is 0.431 e. The van der Waals surface area contributed by atoms with Gasteiger partial charge < -0.3 is 0 Å². The third kappa shape index (κ3) is 1.78. The van der Waals surface area contributed by atoms with Gasteiger partial charge in [-0.05, 0) is 0 Å². The van der Waals surface area contributed by atoms with Crippen LogP contribution in [-0.4, -0.2) is 24.3 Å². The first-order valence-corrected chi connectivity index (χ1v) is 3.22. The molecule has 0 aromatic rings. The van der Waals surface area contributed by atoms with E-state index in [2.05, 4.69) is 9.98 Å². The molecule has 11 heavy (non-hydrogen) atoms. The molecule has 1 aliphatic rings. The molecule has 0 aromatic carbocycles. The molecule has 0 bridgehead atoms. The van der Waals surface area contributed by atoms with Gasteiger partial charge in [0.1, 0.15) is 11.5 Å². The normalized spacial score (nSPS) is 18.2. The van der Waals surface area contributed by atoms with Crippen LogP contribution in [0.2, 0.25) is 0 Å². The van der Waals surface area contributed by atoms with E-state index in [4.69, 9.17) is 0 Å². The smallest absolute Gasteiger partial charge is 0.264 e. The number of nitrogens with zero attached hydrogens (tertiary/aromatic N) is 2. The quantitative estimate of drug-likeness (QED) is 0.564. The number of hydrogen-bond donors (Lipinski definition) is 0. The molecule has 0 fully saturated rings. The van der Waals surface area contributed by atoms with E-state index in [9.17, 15) is 13.2 Å². The fourth-order valence-electron chi connectivity index (χ4n) is 0.737.